The number of hydrogen-bond donors (Lipinski definition) is 0. The minimum absolute atomic E-state index is 0.363. The van der Waals surface area contributed by atoms with Crippen molar-refractivity contribution in [2.45, 2.75) is 65.2 Å². The van der Waals surface area contributed by atoms with Gasteiger partial charge in [-0.25, -0.2) is 0 Å². The van der Waals surface area contributed by atoms with Gasteiger partial charge in [0.15, 0.2) is 0 Å². The molecule has 1 aromatic carbocycles. The minimum atomic E-state index is 0.363. The molecule has 2 heteroatoms. The average Bonchev–Trinajstić information content (AvgIpc) is 3.14. The summed E-state index contributed by atoms with van der Waals surface area (Å²) in [5, 5.41) is 0.795. The third kappa shape index (κ3) is 3.08. The summed E-state index contributed by atoms with van der Waals surface area (Å²) in [4.78, 5) is 0. The maximum atomic E-state index is 6.41. The van der Waals surface area contributed by atoms with Crippen LogP contribution in [0.3, 0.4) is 0 Å². The van der Waals surface area contributed by atoms with Gasteiger partial charge in [0.25, 0.3) is 0 Å². The third-order valence-electron chi connectivity index (χ3n) is 5.31. The van der Waals surface area contributed by atoms with Crippen LogP contribution in [0.5, 0.6) is 5.75 Å². The number of fused-ring (bicyclic) bond motifs is 1. The first-order valence-electron chi connectivity index (χ1n) is 8.47. The predicted molar refractivity (Wildman–Crippen MR) is 89.4 cm³/mol. The molecule has 0 amide bonds. The molecule has 1 fully saturated rings. The summed E-state index contributed by atoms with van der Waals surface area (Å²) >= 11 is 6.41. The molecule has 0 aliphatic heterocycles. The topological polar surface area (TPSA) is 9.23 Å². The first-order chi connectivity index (χ1) is 10.0. The molecule has 1 saturated carbocycles. The van der Waals surface area contributed by atoms with E-state index < -0.39 is 0 Å². The Labute approximate surface area is 134 Å². The van der Waals surface area contributed by atoms with Gasteiger partial charge in [0.1, 0.15) is 5.75 Å². The monoisotopic (exact) mass is 306 g/mol. The third-order valence-corrected chi connectivity index (χ3v) is 5.60. The molecule has 0 spiro atoms. The summed E-state index contributed by atoms with van der Waals surface area (Å²) < 4.78 is 6.09. The molecular formula is C19H27ClO. The van der Waals surface area contributed by atoms with Crippen molar-refractivity contribution in [1.29, 1.82) is 0 Å². The van der Waals surface area contributed by atoms with Crippen LogP contribution in [0.15, 0.2) is 12.1 Å². The second-order valence-corrected chi connectivity index (χ2v) is 7.94. The lowest BCUT2D eigenvalue weighted by Gasteiger charge is -2.32. The van der Waals surface area contributed by atoms with Crippen molar-refractivity contribution < 1.29 is 4.74 Å². The standard InChI is InChI=1S/C19H27ClO/c1-4-11-19(2,3)16-9-7-15-14(16)8-10-17(20)18(15)21-12-13-5-6-13/h8,10,13,16H,4-7,9,11-12H2,1-3H3/t16-/m0/s1. The van der Waals surface area contributed by atoms with E-state index in [1.807, 2.05) is 6.07 Å². The molecular weight excluding hydrogens is 280 g/mol. The van der Waals surface area contributed by atoms with Crippen LogP contribution in [0.2, 0.25) is 5.02 Å². The Hall–Kier alpha value is -0.690. The van der Waals surface area contributed by atoms with Crippen molar-refractivity contribution in [3.05, 3.63) is 28.3 Å². The number of ether oxygens (including phenoxy) is 1. The average molecular weight is 307 g/mol. The fraction of sp³-hybridized carbons (Fsp3) is 0.684. The highest BCUT2D eigenvalue weighted by Gasteiger charge is 2.37. The number of hydrogen-bond acceptors (Lipinski definition) is 1. The van der Waals surface area contributed by atoms with E-state index in [1.54, 1.807) is 0 Å². The maximum absolute atomic E-state index is 6.41. The molecule has 2 aliphatic rings. The summed E-state index contributed by atoms with van der Waals surface area (Å²) in [5.41, 5.74) is 3.24. The molecule has 1 aromatic rings. The van der Waals surface area contributed by atoms with Crippen LogP contribution in [0.1, 0.15) is 69.9 Å². The molecule has 0 unspecified atom stereocenters. The van der Waals surface area contributed by atoms with Crippen molar-refractivity contribution >= 4 is 11.6 Å². The zero-order valence-electron chi connectivity index (χ0n) is 13.5. The highest BCUT2D eigenvalue weighted by molar-refractivity contribution is 6.32. The predicted octanol–water partition coefficient (Wildman–Crippen LogP) is 5.98. The van der Waals surface area contributed by atoms with E-state index in [1.165, 1.54) is 43.2 Å². The lowest BCUT2D eigenvalue weighted by atomic mass is 9.73. The van der Waals surface area contributed by atoms with Crippen molar-refractivity contribution in [2.75, 3.05) is 6.61 Å². The highest BCUT2D eigenvalue weighted by Crippen LogP contribution is 2.51. The molecule has 0 N–H and O–H groups in total. The van der Waals surface area contributed by atoms with Crippen molar-refractivity contribution in [3.8, 4) is 5.75 Å². The van der Waals surface area contributed by atoms with E-state index in [0.717, 1.165) is 29.7 Å². The van der Waals surface area contributed by atoms with E-state index in [4.69, 9.17) is 16.3 Å². The Morgan fingerprint density at radius 1 is 1.24 bits per heavy atom. The van der Waals surface area contributed by atoms with E-state index >= 15 is 0 Å². The summed E-state index contributed by atoms with van der Waals surface area (Å²) in [7, 11) is 0. The van der Waals surface area contributed by atoms with Crippen LogP contribution < -0.4 is 4.74 Å². The Kier molecular flexibility index (Phi) is 4.23. The van der Waals surface area contributed by atoms with Crippen molar-refractivity contribution in [1.82, 2.24) is 0 Å². The van der Waals surface area contributed by atoms with E-state index in [2.05, 4.69) is 26.8 Å². The van der Waals surface area contributed by atoms with Crippen molar-refractivity contribution in [2.24, 2.45) is 11.3 Å². The van der Waals surface area contributed by atoms with Gasteiger partial charge in [0.2, 0.25) is 0 Å². The Balaban J connectivity index is 1.86. The fourth-order valence-electron chi connectivity index (χ4n) is 3.92. The minimum Gasteiger partial charge on any atom is -0.491 e. The Morgan fingerprint density at radius 2 is 2.00 bits per heavy atom. The smallest absolute Gasteiger partial charge is 0.141 e. The molecule has 1 nitrogen and oxygen atoms in total. The van der Waals surface area contributed by atoms with Gasteiger partial charge in [0.05, 0.1) is 11.6 Å². The van der Waals surface area contributed by atoms with Crippen molar-refractivity contribution in [3.63, 3.8) is 0 Å². The molecule has 0 bridgehead atoms. The van der Waals surface area contributed by atoms with Crippen LogP contribution in [0, 0.1) is 11.3 Å². The first kappa shape index (κ1) is 15.2. The highest BCUT2D eigenvalue weighted by atomic mass is 35.5. The number of halogens is 1. The normalized spacial score (nSPS) is 21.4. The zero-order chi connectivity index (χ0) is 15.0. The van der Waals surface area contributed by atoms with Gasteiger partial charge in [-0.3, -0.25) is 0 Å². The van der Waals surface area contributed by atoms with E-state index in [0.29, 0.717) is 11.3 Å². The summed E-state index contributed by atoms with van der Waals surface area (Å²) in [6.07, 6.45) is 7.52. The van der Waals surface area contributed by atoms with E-state index in [-0.39, 0.29) is 0 Å². The van der Waals surface area contributed by atoms with Crippen LogP contribution in [-0.2, 0) is 6.42 Å². The maximum Gasteiger partial charge on any atom is 0.141 e. The van der Waals surface area contributed by atoms with Gasteiger partial charge in [-0.15, -0.1) is 0 Å². The van der Waals surface area contributed by atoms with Gasteiger partial charge < -0.3 is 4.74 Å². The summed E-state index contributed by atoms with van der Waals surface area (Å²) in [6.45, 7) is 7.95. The molecule has 3 rings (SSSR count). The molecule has 116 valence electrons. The zero-order valence-corrected chi connectivity index (χ0v) is 14.3. The van der Waals surface area contributed by atoms with Crippen LogP contribution in [-0.4, -0.2) is 6.61 Å². The molecule has 0 radical (unpaired) electrons. The quantitative estimate of drug-likeness (QED) is 0.627. The van der Waals surface area contributed by atoms with Crippen LogP contribution in [0.4, 0.5) is 0 Å². The first-order valence-corrected chi connectivity index (χ1v) is 8.84. The molecule has 2 aliphatic carbocycles. The van der Waals surface area contributed by atoms with Gasteiger partial charge >= 0.3 is 0 Å². The second-order valence-electron chi connectivity index (χ2n) is 7.53. The summed E-state index contributed by atoms with van der Waals surface area (Å²) in [6, 6.07) is 4.29. The molecule has 0 saturated heterocycles. The Morgan fingerprint density at radius 3 is 2.67 bits per heavy atom. The van der Waals surface area contributed by atoms with Gasteiger partial charge in [0, 0.05) is 0 Å². The largest absolute Gasteiger partial charge is 0.491 e. The van der Waals surface area contributed by atoms with Crippen LogP contribution in [0.25, 0.3) is 0 Å². The molecule has 21 heavy (non-hydrogen) atoms. The second kappa shape index (κ2) is 5.83. The van der Waals surface area contributed by atoms with Gasteiger partial charge in [-0.05, 0) is 66.5 Å². The molecule has 1 atom stereocenters. The Bertz CT molecular complexity index is 517. The van der Waals surface area contributed by atoms with Crippen LogP contribution >= 0.6 is 11.6 Å². The van der Waals surface area contributed by atoms with E-state index in [9.17, 15) is 0 Å². The number of benzene rings is 1. The lowest BCUT2D eigenvalue weighted by molar-refractivity contribution is 0.258. The molecule has 0 heterocycles. The van der Waals surface area contributed by atoms with Gasteiger partial charge in [-0.2, -0.15) is 0 Å². The fourth-order valence-corrected chi connectivity index (χ4v) is 4.15. The van der Waals surface area contributed by atoms with Gasteiger partial charge in [-0.1, -0.05) is 44.9 Å². The SMILES string of the molecule is CCCC(C)(C)[C@H]1CCc2c1ccc(Cl)c2OCC1CC1. The lowest BCUT2D eigenvalue weighted by Crippen LogP contribution is -2.20. The number of rotatable bonds is 6. The summed E-state index contributed by atoms with van der Waals surface area (Å²) in [5.74, 6) is 2.40. The molecule has 0 aromatic heterocycles.